The molecule has 1 rings (SSSR count). The van der Waals surface area contributed by atoms with Gasteiger partial charge in [0.1, 0.15) is 0 Å². The number of rotatable bonds is 7. The smallest absolute Gasteiger partial charge is 0.192 e. The highest BCUT2D eigenvalue weighted by Gasteiger charge is 2.42. The van der Waals surface area contributed by atoms with E-state index < -0.39 is 8.32 Å². The summed E-state index contributed by atoms with van der Waals surface area (Å²) < 4.78 is 18.0. The summed E-state index contributed by atoms with van der Waals surface area (Å²) in [6, 6.07) is 0. The third kappa shape index (κ3) is 4.83. The molecule has 1 aliphatic heterocycles. The van der Waals surface area contributed by atoms with Crippen LogP contribution in [0.2, 0.25) is 18.1 Å². The van der Waals surface area contributed by atoms with Crippen LogP contribution in [0.4, 0.5) is 0 Å². The minimum Gasteiger partial charge on any atom is -0.411 e. The Hall–Kier alpha value is 0.0969. The SMILES string of the molecule is CCCC[C@H](O[Si](C)(C)C(C)(C)C)[C@@H]1CCC(OC)O1. The summed E-state index contributed by atoms with van der Waals surface area (Å²) in [7, 11) is -0.0135. The Bertz CT molecular complexity index is 286. The zero-order chi connectivity index (χ0) is 15.4. The zero-order valence-corrected chi connectivity index (χ0v) is 15.5. The number of hydrogen-bond acceptors (Lipinski definition) is 3. The molecular weight excluding hydrogens is 268 g/mol. The molecular formula is C16H34O3Si. The van der Waals surface area contributed by atoms with Crippen LogP contribution in [0.3, 0.4) is 0 Å². The number of unbranched alkanes of at least 4 members (excludes halogenated alkanes) is 1. The monoisotopic (exact) mass is 302 g/mol. The standard InChI is InChI=1S/C16H34O3Si/c1-8-9-10-14(13-11-12-15(17-5)18-13)19-20(6,7)16(2,3)4/h13-15H,8-12H2,1-7H3/t13-,14-,15?/m0/s1. The van der Waals surface area contributed by atoms with E-state index >= 15 is 0 Å². The minimum atomic E-state index is -1.74. The average molecular weight is 303 g/mol. The Morgan fingerprint density at radius 1 is 1.25 bits per heavy atom. The highest BCUT2D eigenvalue weighted by atomic mass is 28.4. The molecule has 0 radical (unpaired) electrons. The van der Waals surface area contributed by atoms with Gasteiger partial charge in [0.2, 0.25) is 0 Å². The molecule has 120 valence electrons. The van der Waals surface area contributed by atoms with E-state index in [-0.39, 0.29) is 23.5 Å². The predicted molar refractivity (Wildman–Crippen MR) is 86.5 cm³/mol. The average Bonchev–Trinajstić information content (AvgIpc) is 2.81. The van der Waals surface area contributed by atoms with Gasteiger partial charge in [-0.3, -0.25) is 0 Å². The van der Waals surface area contributed by atoms with Gasteiger partial charge in [-0.15, -0.1) is 0 Å². The van der Waals surface area contributed by atoms with E-state index in [4.69, 9.17) is 13.9 Å². The van der Waals surface area contributed by atoms with Crippen molar-refractivity contribution in [3.63, 3.8) is 0 Å². The summed E-state index contributed by atoms with van der Waals surface area (Å²) in [6.45, 7) is 13.8. The van der Waals surface area contributed by atoms with Crippen LogP contribution in [-0.2, 0) is 13.9 Å². The van der Waals surface area contributed by atoms with Gasteiger partial charge < -0.3 is 13.9 Å². The molecule has 0 saturated carbocycles. The molecule has 20 heavy (non-hydrogen) atoms. The normalized spacial score (nSPS) is 25.9. The van der Waals surface area contributed by atoms with Gasteiger partial charge in [0.25, 0.3) is 0 Å². The van der Waals surface area contributed by atoms with Crippen molar-refractivity contribution in [2.45, 2.75) is 96.4 Å². The van der Waals surface area contributed by atoms with Crippen molar-refractivity contribution in [2.24, 2.45) is 0 Å². The Labute approximate surface area is 126 Å². The molecule has 0 aliphatic carbocycles. The molecule has 1 aliphatic rings. The van der Waals surface area contributed by atoms with E-state index in [1.54, 1.807) is 7.11 Å². The highest BCUT2D eigenvalue weighted by molar-refractivity contribution is 6.74. The molecule has 1 heterocycles. The molecule has 4 heteroatoms. The molecule has 0 spiro atoms. The summed E-state index contributed by atoms with van der Waals surface area (Å²) in [6.07, 6.45) is 5.97. The lowest BCUT2D eigenvalue weighted by Crippen LogP contribution is -2.47. The lowest BCUT2D eigenvalue weighted by Gasteiger charge is -2.40. The predicted octanol–water partition coefficient (Wildman–Crippen LogP) is 4.72. The minimum absolute atomic E-state index is 0.0351. The van der Waals surface area contributed by atoms with E-state index in [1.807, 2.05) is 0 Å². The summed E-state index contributed by atoms with van der Waals surface area (Å²) in [5, 5.41) is 0.247. The summed E-state index contributed by atoms with van der Waals surface area (Å²) in [5.74, 6) is 0. The Balaban J connectivity index is 2.70. The van der Waals surface area contributed by atoms with Crippen LogP contribution >= 0.6 is 0 Å². The molecule has 0 aromatic rings. The largest absolute Gasteiger partial charge is 0.411 e. The second-order valence-corrected chi connectivity index (χ2v) is 12.2. The Kier molecular flexibility index (Phi) is 6.70. The summed E-state index contributed by atoms with van der Waals surface area (Å²) in [5.41, 5.74) is 0. The molecule has 3 atom stereocenters. The maximum Gasteiger partial charge on any atom is 0.192 e. The van der Waals surface area contributed by atoms with E-state index in [9.17, 15) is 0 Å². The van der Waals surface area contributed by atoms with Crippen molar-refractivity contribution >= 4 is 8.32 Å². The van der Waals surface area contributed by atoms with Gasteiger partial charge in [0, 0.05) is 13.5 Å². The van der Waals surface area contributed by atoms with Gasteiger partial charge >= 0.3 is 0 Å². The van der Waals surface area contributed by atoms with Gasteiger partial charge in [-0.2, -0.15) is 0 Å². The summed E-state index contributed by atoms with van der Waals surface area (Å²) in [4.78, 5) is 0. The van der Waals surface area contributed by atoms with Gasteiger partial charge in [0.15, 0.2) is 14.6 Å². The molecule has 1 saturated heterocycles. The molecule has 3 nitrogen and oxygen atoms in total. The first-order valence-electron chi connectivity index (χ1n) is 8.07. The quantitative estimate of drug-likeness (QED) is 0.637. The third-order valence-electron chi connectivity index (χ3n) is 4.79. The first-order valence-corrected chi connectivity index (χ1v) is 11.0. The van der Waals surface area contributed by atoms with Crippen LogP contribution in [0.5, 0.6) is 0 Å². The van der Waals surface area contributed by atoms with Crippen molar-refractivity contribution in [1.29, 1.82) is 0 Å². The number of methoxy groups -OCH3 is 1. The van der Waals surface area contributed by atoms with Crippen molar-refractivity contribution in [3.8, 4) is 0 Å². The number of ether oxygens (including phenoxy) is 2. The molecule has 0 aromatic heterocycles. The fourth-order valence-electron chi connectivity index (χ4n) is 2.36. The van der Waals surface area contributed by atoms with E-state index in [0.717, 1.165) is 19.3 Å². The zero-order valence-electron chi connectivity index (χ0n) is 14.5. The third-order valence-corrected chi connectivity index (χ3v) is 9.29. The molecule has 0 aromatic carbocycles. The van der Waals surface area contributed by atoms with Crippen molar-refractivity contribution in [3.05, 3.63) is 0 Å². The van der Waals surface area contributed by atoms with Crippen LogP contribution in [-0.4, -0.2) is 33.9 Å². The molecule has 1 fully saturated rings. The first-order chi connectivity index (χ1) is 9.21. The highest BCUT2D eigenvalue weighted by Crippen LogP contribution is 2.39. The van der Waals surface area contributed by atoms with E-state index in [0.29, 0.717) is 0 Å². The first kappa shape index (κ1) is 18.1. The van der Waals surface area contributed by atoms with Gasteiger partial charge in [-0.25, -0.2) is 0 Å². The summed E-state index contributed by atoms with van der Waals surface area (Å²) >= 11 is 0. The fraction of sp³-hybridized carbons (Fsp3) is 1.00. The fourth-order valence-corrected chi connectivity index (χ4v) is 3.74. The van der Waals surface area contributed by atoms with Crippen molar-refractivity contribution < 1.29 is 13.9 Å². The van der Waals surface area contributed by atoms with Crippen LogP contribution in [0.1, 0.15) is 59.8 Å². The lowest BCUT2D eigenvalue weighted by atomic mass is 10.1. The lowest BCUT2D eigenvalue weighted by molar-refractivity contribution is -0.137. The molecule has 0 amide bonds. The van der Waals surface area contributed by atoms with Crippen LogP contribution in [0.15, 0.2) is 0 Å². The Morgan fingerprint density at radius 3 is 2.35 bits per heavy atom. The topological polar surface area (TPSA) is 27.7 Å². The maximum absolute atomic E-state index is 6.64. The molecule has 1 unspecified atom stereocenters. The van der Waals surface area contributed by atoms with E-state index in [1.165, 1.54) is 12.8 Å². The second kappa shape index (κ2) is 7.39. The maximum atomic E-state index is 6.64. The molecule has 0 N–H and O–H groups in total. The van der Waals surface area contributed by atoms with Gasteiger partial charge in [-0.05, 0) is 31.0 Å². The van der Waals surface area contributed by atoms with Crippen molar-refractivity contribution in [1.82, 2.24) is 0 Å². The van der Waals surface area contributed by atoms with Crippen molar-refractivity contribution in [2.75, 3.05) is 7.11 Å². The van der Waals surface area contributed by atoms with E-state index in [2.05, 4.69) is 40.8 Å². The van der Waals surface area contributed by atoms with Gasteiger partial charge in [0.05, 0.1) is 12.2 Å². The molecule has 0 bridgehead atoms. The van der Waals surface area contributed by atoms with Crippen LogP contribution < -0.4 is 0 Å². The second-order valence-electron chi connectivity index (χ2n) is 7.48. The Morgan fingerprint density at radius 2 is 1.90 bits per heavy atom. The van der Waals surface area contributed by atoms with Crippen LogP contribution in [0, 0.1) is 0 Å². The number of hydrogen-bond donors (Lipinski definition) is 0. The van der Waals surface area contributed by atoms with Gasteiger partial charge in [-0.1, -0.05) is 40.5 Å². The van der Waals surface area contributed by atoms with Crippen LogP contribution in [0.25, 0.3) is 0 Å².